The molecule has 0 spiro atoms. The lowest BCUT2D eigenvalue weighted by Crippen LogP contribution is -2.42. The van der Waals surface area contributed by atoms with Gasteiger partial charge in [0.15, 0.2) is 0 Å². The maximum atomic E-state index is 12.7. The molecule has 0 unspecified atom stereocenters. The first-order valence-electron chi connectivity index (χ1n) is 15.3. The van der Waals surface area contributed by atoms with Crippen LogP contribution in [0.4, 0.5) is 0 Å². The Balaban J connectivity index is 1.27. The molecule has 0 N–H and O–H groups in total. The fourth-order valence-electron chi connectivity index (χ4n) is 8.82. The van der Waals surface area contributed by atoms with E-state index in [0.29, 0.717) is 11.0 Å². The van der Waals surface area contributed by atoms with Gasteiger partial charge in [0.1, 0.15) is 6.10 Å². The van der Waals surface area contributed by atoms with E-state index in [1.54, 1.807) is 5.57 Å². The molecule has 7 atom stereocenters. The van der Waals surface area contributed by atoms with Gasteiger partial charge in [0, 0.05) is 11.8 Å². The lowest BCUT2D eigenvalue weighted by atomic mass is 9.53. The molecule has 5 rings (SSSR count). The van der Waals surface area contributed by atoms with Gasteiger partial charge in [-0.3, -0.25) is 0 Å². The van der Waals surface area contributed by atoms with E-state index in [-0.39, 0.29) is 17.5 Å². The number of benzene rings is 1. The SMILES string of the molecule is CC(C)[C@@H](C)CC[C@@H](C)[C@H]1CC[C@H]2C3=C(CC[C@]12C)[C@@]1(C)CC[C@H](OC(=O)c2ccccc2)CC1=CC3. The highest BCUT2D eigenvalue weighted by molar-refractivity contribution is 5.89. The van der Waals surface area contributed by atoms with Gasteiger partial charge < -0.3 is 4.74 Å². The summed E-state index contributed by atoms with van der Waals surface area (Å²) in [5.74, 6) is 3.93. The largest absolute Gasteiger partial charge is 0.458 e. The molecule has 0 radical (unpaired) electrons. The summed E-state index contributed by atoms with van der Waals surface area (Å²) in [6.45, 7) is 14.9. The van der Waals surface area contributed by atoms with Crippen molar-refractivity contribution in [2.75, 3.05) is 0 Å². The van der Waals surface area contributed by atoms with E-state index in [2.05, 4.69) is 47.6 Å². The van der Waals surface area contributed by atoms with Gasteiger partial charge in [0.05, 0.1) is 5.56 Å². The van der Waals surface area contributed by atoms with Crippen molar-refractivity contribution in [3.05, 3.63) is 58.7 Å². The van der Waals surface area contributed by atoms with Crippen molar-refractivity contribution in [3.8, 4) is 0 Å². The minimum absolute atomic E-state index is 0.00739. The van der Waals surface area contributed by atoms with Gasteiger partial charge in [-0.15, -0.1) is 0 Å². The summed E-state index contributed by atoms with van der Waals surface area (Å²) < 4.78 is 5.99. The third-order valence-electron chi connectivity index (χ3n) is 11.7. The van der Waals surface area contributed by atoms with E-state index >= 15 is 0 Å². The van der Waals surface area contributed by atoms with Crippen molar-refractivity contribution in [1.29, 1.82) is 0 Å². The van der Waals surface area contributed by atoms with Crippen molar-refractivity contribution in [2.24, 2.45) is 40.4 Å². The molecule has 1 aromatic carbocycles. The Labute approximate surface area is 226 Å². The van der Waals surface area contributed by atoms with E-state index in [4.69, 9.17) is 4.74 Å². The van der Waals surface area contributed by atoms with Crippen LogP contribution in [0, 0.1) is 40.4 Å². The molecule has 2 fully saturated rings. The molecule has 1 aromatic rings. The molecule has 0 saturated heterocycles. The predicted molar refractivity (Wildman–Crippen MR) is 153 cm³/mol. The fraction of sp³-hybridized carbons (Fsp3) is 0.686. The number of fused-ring (bicyclic) bond motifs is 4. The predicted octanol–water partition coefficient (Wildman–Crippen LogP) is 9.56. The fourth-order valence-corrected chi connectivity index (χ4v) is 8.82. The third-order valence-corrected chi connectivity index (χ3v) is 11.7. The number of esters is 1. The summed E-state index contributed by atoms with van der Waals surface area (Å²) in [7, 11) is 0. The number of ether oxygens (including phenoxy) is 1. The van der Waals surface area contributed by atoms with Crippen molar-refractivity contribution in [1.82, 2.24) is 0 Å². The first-order valence-corrected chi connectivity index (χ1v) is 15.3. The topological polar surface area (TPSA) is 26.3 Å². The minimum atomic E-state index is -0.173. The average molecular weight is 503 g/mol. The summed E-state index contributed by atoms with van der Waals surface area (Å²) in [5.41, 5.74) is 6.45. The van der Waals surface area contributed by atoms with Crippen LogP contribution in [0.5, 0.6) is 0 Å². The Hall–Kier alpha value is -1.83. The molecule has 0 bridgehead atoms. The van der Waals surface area contributed by atoms with Gasteiger partial charge in [-0.2, -0.15) is 0 Å². The second kappa shape index (κ2) is 10.4. The molecule has 0 amide bonds. The molecule has 0 aliphatic heterocycles. The van der Waals surface area contributed by atoms with E-state index < -0.39 is 0 Å². The normalized spacial score (nSPS) is 34.8. The van der Waals surface area contributed by atoms with Crippen LogP contribution >= 0.6 is 0 Å². The number of hydrogen-bond donors (Lipinski definition) is 0. The van der Waals surface area contributed by atoms with Gasteiger partial charge in [-0.05, 0) is 92.1 Å². The van der Waals surface area contributed by atoms with Crippen LogP contribution in [0.3, 0.4) is 0 Å². The highest BCUT2D eigenvalue weighted by Crippen LogP contribution is 2.65. The zero-order valence-electron chi connectivity index (χ0n) is 24.3. The first kappa shape index (κ1) is 26.8. The smallest absolute Gasteiger partial charge is 0.338 e. The monoisotopic (exact) mass is 502 g/mol. The van der Waals surface area contributed by atoms with Gasteiger partial charge >= 0.3 is 5.97 Å². The molecule has 202 valence electrons. The molecule has 37 heavy (non-hydrogen) atoms. The number of rotatable bonds is 7. The first-order chi connectivity index (χ1) is 17.6. The highest BCUT2D eigenvalue weighted by atomic mass is 16.5. The van der Waals surface area contributed by atoms with Gasteiger partial charge in [-0.1, -0.05) is 95.4 Å². The van der Waals surface area contributed by atoms with E-state index in [9.17, 15) is 4.79 Å². The maximum absolute atomic E-state index is 12.7. The molecule has 4 aliphatic carbocycles. The number of carbonyl (C=O) groups excluding carboxylic acids is 1. The molecular weight excluding hydrogens is 452 g/mol. The summed E-state index contributed by atoms with van der Waals surface area (Å²) in [5, 5.41) is 0. The van der Waals surface area contributed by atoms with Crippen LogP contribution < -0.4 is 0 Å². The zero-order valence-corrected chi connectivity index (χ0v) is 24.3. The standard InChI is InChI=1S/C35H50O2/c1-23(2)24(3)12-13-25(4)30-16-17-31-29-15-14-27-22-28(37-33(36)26-10-8-7-9-11-26)18-20-34(27,5)32(29)19-21-35(30,31)6/h7-11,14,23-25,28,30-31H,12-13,15-22H2,1-6H3/t24-,25+,28-,30+,31-,34-,35+/m0/s1. The number of carbonyl (C=O) groups is 1. The number of allylic oxidation sites excluding steroid dienone is 3. The summed E-state index contributed by atoms with van der Waals surface area (Å²) in [6, 6.07) is 9.46. The van der Waals surface area contributed by atoms with Gasteiger partial charge in [0.2, 0.25) is 0 Å². The number of hydrogen-bond acceptors (Lipinski definition) is 2. The summed E-state index contributed by atoms with van der Waals surface area (Å²) in [4.78, 5) is 12.7. The second-order valence-electron chi connectivity index (χ2n) is 13.9. The van der Waals surface area contributed by atoms with Crippen LogP contribution in [-0.4, -0.2) is 12.1 Å². The Morgan fingerprint density at radius 3 is 2.49 bits per heavy atom. The average Bonchev–Trinajstić information content (AvgIpc) is 3.25. The quantitative estimate of drug-likeness (QED) is 0.274. The molecular formula is C35H50O2. The van der Waals surface area contributed by atoms with Crippen molar-refractivity contribution in [3.63, 3.8) is 0 Å². The Morgan fingerprint density at radius 1 is 1.00 bits per heavy atom. The Kier molecular flexibility index (Phi) is 7.51. The highest BCUT2D eigenvalue weighted by Gasteiger charge is 2.54. The van der Waals surface area contributed by atoms with Gasteiger partial charge in [-0.25, -0.2) is 4.79 Å². The van der Waals surface area contributed by atoms with Crippen molar-refractivity contribution < 1.29 is 9.53 Å². The second-order valence-corrected chi connectivity index (χ2v) is 13.9. The van der Waals surface area contributed by atoms with Crippen molar-refractivity contribution in [2.45, 2.75) is 112 Å². The summed E-state index contributed by atoms with van der Waals surface area (Å²) >= 11 is 0. The molecule has 0 aromatic heterocycles. The lowest BCUT2D eigenvalue weighted by Gasteiger charge is -2.52. The summed E-state index contributed by atoms with van der Waals surface area (Å²) in [6.07, 6.45) is 14.9. The molecule has 0 heterocycles. The zero-order chi connectivity index (χ0) is 26.4. The van der Waals surface area contributed by atoms with E-state index in [1.165, 1.54) is 44.1 Å². The van der Waals surface area contributed by atoms with Crippen molar-refractivity contribution >= 4 is 5.97 Å². The van der Waals surface area contributed by atoms with Crippen LogP contribution in [0.1, 0.15) is 116 Å². The molecule has 2 heteroatoms. The lowest BCUT2D eigenvalue weighted by molar-refractivity contribution is 0.0191. The van der Waals surface area contributed by atoms with Gasteiger partial charge in [0.25, 0.3) is 0 Å². The van der Waals surface area contributed by atoms with Crippen LogP contribution in [0.2, 0.25) is 0 Å². The van der Waals surface area contributed by atoms with Crippen LogP contribution in [-0.2, 0) is 4.74 Å². The van der Waals surface area contributed by atoms with E-state index in [0.717, 1.165) is 55.3 Å². The minimum Gasteiger partial charge on any atom is -0.458 e. The Morgan fingerprint density at radius 2 is 1.76 bits per heavy atom. The third kappa shape index (κ3) is 4.87. The van der Waals surface area contributed by atoms with Crippen LogP contribution in [0.15, 0.2) is 53.1 Å². The maximum Gasteiger partial charge on any atom is 0.338 e. The van der Waals surface area contributed by atoms with E-state index in [1.807, 2.05) is 35.9 Å². The molecule has 2 saturated carbocycles. The molecule has 2 nitrogen and oxygen atoms in total. The Bertz CT molecular complexity index is 1050. The molecule has 4 aliphatic rings. The van der Waals surface area contributed by atoms with Crippen LogP contribution in [0.25, 0.3) is 0 Å².